The van der Waals surface area contributed by atoms with Crippen molar-refractivity contribution >= 4 is 8.32 Å². The molecule has 2 heteroatoms. The van der Waals surface area contributed by atoms with Crippen LogP contribution in [-0.2, 0) is 4.43 Å². The molecule has 85 valence electrons. The van der Waals surface area contributed by atoms with E-state index in [-0.39, 0.29) is 0 Å². The van der Waals surface area contributed by atoms with Gasteiger partial charge in [0.05, 0.1) is 6.61 Å². The predicted octanol–water partition coefficient (Wildman–Crippen LogP) is 4.75. The molecule has 1 radical (unpaired) electrons. The molecule has 0 aromatic heterocycles. The van der Waals surface area contributed by atoms with Crippen LogP contribution >= 0.6 is 0 Å². The summed E-state index contributed by atoms with van der Waals surface area (Å²) in [5, 5.41) is 0. The van der Waals surface area contributed by atoms with Gasteiger partial charge in [-0.2, -0.15) is 0 Å². The Morgan fingerprint density at radius 2 is 1.29 bits per heavy atom. The quantitative estimate of drug-likeness (QED) is 0.581. The Balaban J connectivity index is 4.76. The summed E-state index contributed by atoms with van der Waals surface area (Å²) in [6, 6.07) is 0. The highest BCUT2D eigenvalue weighted by atomic mass is 28.4. The van der Waals surface area contributed by atoms with Crippen LogP contribution in [0.2, 0.25) is 16.6 Å². The lowest BCUT2D eigenvalue weighted by molar-refractivity contribution is 0.348. The Kier molecular flexibility index (Phi) is 5.99. The molecular formula is C12H27OSi. The highest BCUT2D eigenvalue weighted by molar-refractivity contribution is 6.77. The van der Waals surface area contributed by atoms with Gasteiger partial charge in [0, 0.05) is 0 Å². The highest BCUT2D eigenvalue weighted by Gasteiger charge is 2.44. The molecule has 0 aliphatic rings. The van der Waals surface area contributed by atoms with E-state index in [0.717, 1.165) is 6.42 Å². The van der Waals surface area contributed by atoms with Gasteiger partial charge in [-0.25, -0.2) is 0 Å². The molecule has 0 aliphatic carbocycles. The zero-order valence-corrected chi connectivity index (χ0v) is 11.9. The lowest BCUT2D eigenvalue weighted by Crippen LogP contribution is -2.47. The third kappa shape index (κ3) is 2.83. The lowest BCUT2D eigenvalue weighted by Gasteiger charge is -2.41. The summed E-state index contributed by atoms with van der Waals surface area (Å²) in [5.41, 5.74) is 2.06. The minimum absolute atomic E-state index is 0.685. The standard InChI is InChI=1S/C12H27OSi/c1-8-9-13-14(10(2)3,11(4)5)12(6)7/h9-12H,8H2,1-7H3. The molecule has 0 amide bonds. The zero-order valence-electron chi connectivity index (χ0n) is 10.9. The average Bonchev–Trinajstić information content (AvgIpc) is 2.03. The molecule has 0 atom stereocenters. The van der Waals surface area contributed by atoms with E-state index in [9.17, 15) is 0 Å². The van der Waals surface area contributed by atoms with Crippen LogP contribution < -0.4 is 0 Å². The zero-order chi connectivity index (χ0) is 11.4. The van der Waals surface area contributed by atoms with Crippen molar-refractivity contribution in [3.8, 4) is 0 Å². The first-order chi connectivity index (χ1) is 6.39. The summed E-state index contributed by atoms with van der Waals surface area (Å²) < 4.78 is 6.18. The van der Waals surface area contributed by atoms with Gasteiger partial charge in [-0.3, -0.25) is 0 Å². The van der Waals surface area contributed by atoms with Gasteiger partial charge in [0.25, 0.3) is 0 Å². The van der Waals surface area contributed by atoms with Crippen molar-refractivity contribution in [2.75, 3.05) is 0 Å². The highest BCUT2D eigenvalue weighted by Crippen LogP contribution is 2.42. The molecule has 0 saturated carbocycles. The minimum atomic E-state index is -1.60. The first-order valence-electron chi connectivity index (χ1n) is 5.89. The normalized spacial score (nSPS) is 13.3. The van der Waals surface area contributed by atoms with E-state index in [0.29, 0.717) is 16.6 Å². The summed E-state index contributed by atoms with van der Waals surface area (Å²) in [4.78, 5) is 0. The maximum absolute atomic E-state index is 6.18. The Morgan fingerprint density at radius 1 is 0.929 bits per heavy atom. The Bertz CT molecular complexity index is 131. The van der Waals surface area contributed by atoms with Crippen LogP contribution in [0.1, 0.15) is 54.9 Å². The molecule has 0 rings (SSSR count). The number of hydrogen-bond donors (Lipinski definition) is 0. The second-order valence-corrected chi connectivity index (χ2v) is 10.4. The molecule has 0 N–H and O–H groups in total. The molecule has 14 heavy (non-hydrogen) atoms. The van der Waals surface area contributed by atoms with E-state index in [1.807, 2.05) is 6.61 Å². The maximum Gasteiger partial charge on any atom is 0.200 e. The molecule has 0 heterocycles. The van der Waals surface area contributed by atoms with E-state index in [4.69, 9.17) is 4.43 Å². The van der Waals surface area contributed by atoms with Crippen LogP contribution in [0, 0.1) is 6.61 Å². The van der Waals surface area contributed by atoms with E-state index < -0.39 is 8.32 Å². The van der Waals surface area contributed by atoms with E-state index in [1.165, 1.54) is 0 Å². The van der Waals surface area contributed by atoms with Crippen LogP contribution in [0.4, 0.5) is 0 Å². The van der Waals surface area contributed by atoms with Gasteiger partial charge in [0.2, 0.25) is 8.32 Å². The molecule has 0 unspecified atom stereocenters. The monoisotopic (exact) mass is 215 g/mol. The SMILES string of the molecule is CC[CH]O[Si](C(C)C)(C(C)C)C(C)C. The third-order valence-electron chi connectivity index (χ3n) is 3.16. The van der Waals surface area contributed by atoms with Gasteiger partial charge < -0.3 is 4.43 Å². The van der Waals surface area contributed by atoms with Crippen molar-refractivity contribution in [3.05, 3.63) is 6.61 Å². The minimum Gasteiger partial charge on any atom is -0.411 e. The summed E-state index contributed by atoms with van der Waals surface area (Å²) in [6.07, 6.45) is 1.01. The van der Waals surface area contributed by atoms with Gasteiger partial charge in [-0.05, 0) is 23.0 Å². The third-order valence-corrected chi connectivity index (χ3v) is 9.15. The molecule has 0 saturated heterocycles. The second-order valence-electron chi connectivity index (χ2n) is 5.01. The van der Waals surface area contributed by atoms with E-state index in [1.54, 1.807) is 0 Å². The lowest BCUT2D eigenvalue weighted by atomic mass is 10.5. The largest absolute Gasteiger partial charge is 0.411 e. The number of rotatable bonds is 6. The summed E-state index contributed by atoms with van der Waals surface area (Å²) in [5.74, 6) is 0. The van der Waals surface area contributed by atoms with Gasteiger partial charge in [-0.1, -0.05) is 48.5 Å². The Morgan fingerprint density at radius 3 is 1.50 bits per heavy atom. The fraction of sp³-hybridized carbons (Fsp3) is 0.917. The average molecular weight is 215 g/mol. The molecule has 0 aliphatic heterocycles. The van der Waals surface area contributed by atoms with Crippen LogP contribution in [-0.4, -0.2) is 8.32 Å². The number of hydrogen-bond acceptors (Lipinski definition) is 1. The van der Waals surface area contributed by atoms with Crippen molar-refractivity contribution in [2.45, 2.75) is 71.5 Å². The van der Waals surface area contributed by atoms with E-state index >= 15 is 0 Å². The fourth-order valence-electron chi connectivity index (χ4n) is 2.64. The van der Waals surface area contributed by atoms with Crippen LogP contribution in [0.15, 0.2) is 0 Å². The van der Waals surface area contributed by atoms with Crippen LogP contribution in [0.3, 0.4) is 0 Å². The fourth-order valence-corrected chi connectivity index (χ4v) is 7.91. The smallest absolute Gasteiger partial charge is 0.200 e. The molecule has 0 fully saturated rings. The summed E-state index contributed by atoms with van der Waals surface area (Å²) in [7, 11) is -1.60. The molecule has 0 spiro atoms. The first-order valence-corrected chi connectivity index (χ1v) is 8.03. The van der Waals surface area contributed by atoms with Gasteiger partial charge >= 0.3 is 0 Å². The molecule has 0 bridgehead atoms. The molecule has 0 aromatic rings. The topological polar surface area (TPSA) is 9.23 Å². The molecular weight excluding hydrogens is 188 g/mol. The van der Waals surface area contributed by atoms with Crippen LogP contribution in [0.5, 0.6) is 0 Å². The van der Waals surface area contributed by atoms with Crippen molar-refractivity contribution < 1.29 is 4.43 Å². The molecule has 1 nitrogen and oxygen atoms in total. The Hall–Kier alpha value is 0.177. The van der Waals surface area contributed by atoms with Gasteiger partial charge in [-0.15, -0.1) is 0 Å². The van der Waals surface area contributed by atoms with Gasteiger partial charge in [0.15, 0.2) is 0 Å². The first kappa shape index (κ1) is 14.2. The predicted molar refractivity (Wildman–Crippen MR) is 66.7 cm³/mol. The van der Waals surface area contributed by atoms with E-state index in [2.05, 4.69) is 48.5 Å². The maximum atomic E-state index is 6.18. The Labute approximate surface area is 91.4 Å². The van der Waals surface area contributed by atoms with Crippen LogP contribution in [0.25, 0.3) is 0 Å². The van der Waals surface area contributed by atoms with Gasteiger partial charge in [0.1, 0.15) is 0 Å². The summed E-state index contributed by atoms with van der Waals surface area (Å²) >= 11 is 0. The molecule has 0 aromatic carbocycles. The second kappa shape index (κ2) is 5.91. The van der Waals surface area contributed by atoms with Crippen molar-refractivity contribution in [1.82, 2.24) is 0 Å². The van der Waals surface area contributed by atoms with Crippen molar-refractivity contribution in [1.29, 1.82) is 0 Å². The summed E-state index contributed by atoms with van der Waals surface area (Å²) in [6.45, 7) is 18.1. The van der Waals surface area contributed by atoms with Crippen molar-refractivity contribution in [3.63, 3.8) is 0 Å². The van der Waals surface area contributed by atoms with Crippen molar-refractivity contribution in [2.24, 2.45) is 0 Å².